The van der Waals surface area contributed by atoms with E-state index in [1.165, 1.54) is 12.4 Å². The average molecular weight is 438 g/mol. The summed E-state index contributed by atoms with van der Waals surface area (Å²) in [5, 5.41) is 6.34. The van der Waals surface area contributed by atoms with Crippen molar-refractivity contribution in [2.24, 2.45) is 0 Å². The number of halogens is 4. The lowest BCUT2D eigenvalue weighted by Crippen LogP contribution is -2.32. The number of anilines is 1. The van der Waals surface area contributed by atoms with Gasteiger partial charge in [0.05, 0.1) is 23.5 Å². The summed E-state index contributed by atoms with van der Waals surface area (Å²) in [6.07, 6.45) is -1.60. The lowest BCUT2D eigenvalue weighted by molar-refractivity contribution is -0.137. The molecule has 3 rings (SSSR count). The molecule has 0 radical (unpaired) electrons. The molecular weight excluding hydrogens is 419 g/mol. The molecule has 0 spiro atoms. The zero-order valence-corrected chi connectivity index (χ0v) is 16.9. The van der Waals surface area contributed by atoms with Crippen LogP contribution >= 0.6 is 11.6 Å². The summed E-state index contributed by atoms with van der Waals surface area (Å²) in [6.45, 7) is 1.81. The molecule has 3 aromatic rings. The molecule has 0 saturated carbocycles. The summed E-state index contributed by atoms with van der Waals surface area (Å²) >= 11 is 5.67. The van der Waals surface area contributed by atoms with Gasteiger partial charge in [0.25, 0.3) is 0 Å². The summed E-state index contributed by atoms with van der Waals surface area (Å²) < 4.78 is 41.2. The second-order valence-corrected chi connectivity index (χ2v) is 7.19. The van der Waals surface area contributed by atoms with Crippen LogP contribution in [-0.4, -0.2) is 39.2 Å². The summed E-state index contributed by atoms with van der Waals surface area (Å²) in [7, 11) is 1.72. The second-order valence-electron chi connectivity index (χ2n) is 6.76. The maximum absolute atomic E-state index is 13.2. The highest BCUT2D eigenvalue weighted by Gasteiger charge is 2.34. The maximum atomic E-state index is 13.2. The molecule has 0 aliphatic rings. The Kier molecular flexibility index (Phi) is 6.42. The minimum Gasteiger partial charge on any atom is -0.324 e. The molecule has 1 aromatic heterocycles. The molecule has 6 nitrogen and oxygen atoms in total. The Labute approximate surface area is 176 Å². The number of aromatic nitrogens is 3. The smallest absolute Gasteiger partial charge is 0.324 e. The van der Waals surface area contributed by atoms with Crippen molar-refractivity contribution in [3.05, 3.63) is 71.3 Å². The van der Waals surface area contributed by atoms with Gasteiger partial charge in [0.2, 0.25) is 5.91 Å². The van der Waals surface area contributed by atoms with E-state index in [2.05, 4.69) is 15.4 Å². The fourth-order valence-electron chi connectivity index (χ4n) is 2.91. The molecule has 0 bridgehead atoms. The Morgan fingerprint density at radius 3 is 2.53 bits per heavy atom. The topological polar surface area (TPSA) is 63.1 Å². The summed E-state index contributed by atoms with van der Waals surface area (Å²) in [5.74, 6) is -0.559. The fourth-order valence-corrected chi connectivity index (χ4v) is 3.09. The highest BCUT2D eigenvalue weighted by molar-refractivity contribution is 6.30. The Morgan fingerprint density at radius 1 is 1.23 bits per heavy atom. The van der Waals surface area contributed by atoms with Gasteiger partial charge in [-0.05, 0) is 49.9 Å². The van der Waals surface area contributed by atoms with Crippen molar-refractivity contribution in [2.45, 2.75) is 19.1 Å². The van der Waals surface area contributed by atoms with Crippen LogP contribution in [0.25, 0.3) is 5.69 Å². The first-order valence-corrected chi connectivity index (χ1v) is 9.35. The van der Waals surface area contributed by atoms with Crippen LogP contribution in [0.1, 0.15) is 24.1 Å². The number of amides is 1. The summed E-state index contributed by atoms with van der Waals surface area (Å²) in [4.78, 5) is 18.0. The Hall–Kier alpha value is -2.91. The predicted octanol–water partition coefficient (Wildman–Crippen LogP) is 4.57. The lowest BCUT2D eigenvalue weighted by atomic mass is 10.1. The molecule has 0 fully saturated rings. The molecule has 30 heavy (non-hydrogen) atoms. The number of alkyl halides is 3. The first kappa shape index (κ1) is 21.8. The van der Waals surface area contributed by atoms with E-state index in [1.54, 1.807) is 23.0 Å². The zero-order valence-electron chi connectivity index (χ0n) is 16.2. The van der Waals surface area contributed by atoms with Crippen LogP contribution in [0, 0.1) is 0 Å². The minimum absolute atomic E-state index is 0.0552. The first-order valence-electron chi connectivity index (χ1n) is 8.97. The number of carbonyl (C=O) groups excluding carboxylic acids is 1. The van der Waals surface area contributed by atoms with Gasteiger partial charge >= 0.3 is 6.18 Å². The van der Waals surface area contributed by atoms with E-state index in [1.807, 2.05) is 31.2 Å². The van der Waals surface area contributed by atoms with Gasteiger partial charge in [-0.15, -0.1) is 0 Å². The number of rotatable bonds is 6. The number of nitrogens with zero attached hydrogens (tertiary/aromatic N) is 4. The van der Waals surface area contributed by atoms with E-state index in [0.29, 0.717) is 0 Å². The number of carbonyl (C=O) groups is 1. The van der Waals surface area contributed by atoms with Gasteiger partial charge in [-0.1, -0.05) is 23.7 Å². The maximum Gasteiger partial charge on any atom is 0.418 e. The molecule has 1 N–H and O–H groups in total. The standard InChI is InChI=1S/C20H19ClF3N5O/c1-13(14-3-6-16(7-4-14)29-12-25-11-26-29)28(2)10-19(30)27-18-8-5-15(21)9-17(18)20(22,23)24/h3-9,11-13H,10H2,1-2H3,(H,27,30)/t13-/m0/s1. The Morgan fingerprint density at radius 2 is 1.93 bits per heavy atom. The lowest BCUT2D eigenvalue weighted by Gasteiger charge is -2.25. The highest BCUT2D eigenvalue weighted by atomic mass is 35.5. The Bertz CT molecular complexity index is 1010. The van der Waals surface area contributed by atoms with Gasteiger partial charge in [-0.2, -0.15) is 18.3 Å². The van der Waals surface area contributed by atoms with Crippen molar-refractivity contribution >= 4 is 23.2 Å². The number of likely N-dealkylation sites (N-methyl/N-ethyl adjacent to an activating group) is 1. The van der Waals surface area contributed by atoms with Gasteiger partial charge in [0, 0.05) is 11.1 Å². The molecule has 1 amide bonds. The van der Waals surface area contributed by atoms with E-state index >= 15 is 0 Å². The molecule has 0 saturated heterocycles. The fraction of sp³-hybridized carbons (Fsp3) is 0.250. The average Bonchev–Trinajstić information content (AvgIpc) is 3.23. The van der Waals surface area contributed by atoms with Crippen LogP contribution in [-0.2, 0) is 11.0 Å². The quantitative estimate of drug-likeness (QED) is 0.613. The van der Waals surface area contributed by atoms with E-state index in [-0.39, 0.29) is 23.3 Å². The molecule has 1 heterocycles. The zero-order chi connectivity index (χ0) is 21.9. The van der Waals surface area contributed by atoms with Crippen molar-refractivity contribution in [1.82, 2.24) is 19.7 Å². The first-order chi connectivity index (χ1) is 14.1. The van der Waals surface area contributed by atoms with Crippen molar-refractivity contribution in [3.8, 4) is 5.69 Å². The van der Waals surface area contributed by atoms with Crippen molar-refractivity contribution in [3.63, 3.8) is 0 Å². The van der Waals surface area contributed by atoms with Gasteiger partial charge in [-0.25, -0.2) is 9.67 Å². The highest BCUT2D eigenvalue weighted by Crippen LogP contribution is 2.36. The van der Waals surface area contributed by atoms with Crippen LogP contribution in [0.15, 0.2) is 55.1 Å². The third-order valence-electron chi connectivity index (χ3n) is 4.67. The molecule has 158 valence electrons. The molecule has 1 atom stereocenters. The summed E-state index contributed by atoms with van der Waals surface area (Å²) in [5.41, 5.74) is 0.473. The Balaban J connectivity index is 1.66. The van der Waals surface area contributed by atoms with Gasteiger partial charge in [0.15, 0.2) is 0 Å². The molecule has 10 heteroatoms. The molecular formula is C20H19ClF3N5O. The third-order valence-corrected chi connectivity index (χ3v) is 4.91. The van der Waals surface area contributed by atoms with Crippen LogP contribution in [0.5, 0.6) is 0 Å². The SMILES string of the molecule is C[C@@H](c1ccc(-n2cncn2)cc1)N(C)CC(=O)Nc1ccc(Cl)cc1C(F)(F)F. The number of hydrogen-bond donors (Lipinski definition) is 1. The monoisotopic (exact) mass is 437 g/mol. The van der Waals surface area contributed by atoms with E-state index in [0.717, 1.165) is 23.4 Å². The van der Waals surface area contributed by atoms with Gasteiger partial charge in [-0.3, -0.25) is 9.69 Å². The normalized spacial score (nSPS) is 12.8. The van der Waals surface area contributed by atoms with Crippen LogP contribution in [0.3, 0.4) is 0 Å². The van der Waals surface area contributed by atoms with E-state index in [4.69, 9.17) is 11.6 Å². The number of benzene rings is 2. The van der Waals surface area contributed by atoms with Crippen molar-refractivity contribution < 1.29 is 18.0 Å². The minimum atomic E-state index is -4.63. The van der Waals surface area contributed by atoms with Crippen LogP contribution in [0.2, 0.25) is 5.02 Å². The summed E-state index contributed by atoms with van der Waals surface area (Å²) in [6, 6.07) is 10.6. The van der Waals surface area contributed by atoms with Crippen molar-refractivity contribution in [1.29, 1.82) is 0 Å². The third kappa shape index (κ3) is 5.17. The molecule has 0 unspecified atom stereocenters. The second kappa shape index (κ2) is 8.85. The number of nitrogens with one attached hydrogen (secondary N) is 1. The van der Waals surface area contributed by atoms with E-state index < -0.39 is 17.6 Å². The van der Waals surface area contributed by atoms with Crippen LogP contribution in [0.4, 0.5) is 18.9 Å². The predicted molar refractivity (Wildman–Crippen MR) is 107 cm³/mol. The van der Waals surface area contributed by atoms with Gasteiger partial charge < -0.3 is 5.32 Å². The van der Waals surface area contributed by atoms with E-state index in [9.17, 15) is 18.0 Å². The van der Waals surface area contributed by atoms with Gasteiger partial charge in [0.1, 0.15) is 12.7 Å². The van der Waals surface area contributed by atoms with Crippen molar-refractivity contribution in [2.75, 3.05) is 18.9 Å². The molecule has 0 aliphatic heterocycles. The van der Waals surface area contributed by atoms with Crippen LogP contribution < -0.4 is 5.32 Å². The molecule has 2 aromatic carbocycles. The largest absolute Gasteiger partial charge is 0.418 e. The number of hydrogen-bond acceptors (Lipinski definition) is 4. The molecule has 0 aliphatic carbocycles.